The molecular formula is C19H34N2. The standard InChI is InChI=1S/C19H34N2/c1-3-21(12-14-4-5-14)13-18(20-2)19-9-15-6-16(10-19)8-17(7-15)11-19/h14-18,20H,3-13H2,1-2H3. The Morgan fingerprint density at radius 3 is 2.05 bits per heavy atom. The highest BCUT2D eigenvalue weighted by atomic mass is 15.2. The molecule has 120 valence electrons. The van der Waals surface area contributed by atoms with E-state index in [4.69, 9.17) is 0 Å². The lowest BCUT2D eigenvalue weighted by atomic mass is 9.47. The van der Waals surface area contributed by atoms with Crippen LogP contribution in [0.2, 0.25) is 0 Å². The normalized spacial score (nSPS) is 42.7. The van der Waals surface area contributed by atoms with Crippen molar-refractivity contribution in [2.75, 3.05) is 26.7 Å². The van der Waals surface area contributed by atoms with Crippen LogP contribution < -0.4 is 5.32 Å². The van der Waals surface area contributed by atoms with Gasteiger partial charge >= 0.3 is 0 Å². The monoisotopic (exact) mass is 290 g/mol. The van der Waals surface area contributed by atoms with Gasteiger partial charge in [-0.2, -0.15) is 0 Å². The molecule has 5 aliphatic carbocycles. The molecule has 0 radical (unpaired) electrons. The average Bonchev–Trinajstić information content (AvgIpc) is 3.25. The van der Waals surface area contributed by atoms with Gasteiger partial charge in [0.1, 0.15) is 0 Å². The lowest BCUT2D eigenvalue weighted by Gasteiger charge is -2.60. The van der Waals surface area contributed by atoms with E-state index in [0.29, 0.717) is 5.41 Å². The second-order valence-electron chi connectivity index (χ2n) is 8.92. The Labute approximate surface area is 131 Å². The molecule has 2 nitrogen and oxygen atoms in total. The van der Waals surface area contributed by atoms with E-state index in [-0.39, 0.29) is 0 Å². The highest BCUT2D eigenvalue weighted by Gasteiger charge is 2.53. The molecule has 1 unspecified atom stereocenters. The van der Waals surface area contributed by atoms with Gasteiger partial charge in [-0.3, -0.25) is 0 Å². The molecule has 0 aliphatic heterocycles. The molecule has 0 saturated heterocycles. The fraction of sp³-hybridized carbons (Fsp3) is 1.00. The number of hydrogen-bond acceptors (Lipinski definition) is 2. The second-order valence-corrected chi connectivity index (χ2v) is 8.92. The van der Waals surface area contributed by atoms with Gasteiger partial charge in [-0.15, -0.1) is 0 Å². The Morgan fingerprint density at radius 2 is 1.62 bits per heavy atom. The molecule has 21 heavy (non-hydrogen) atoms. The lowest BCUT2D eigenvalue weighted by molar-refractivity contribution is -0.0775. The Bertz CT molecular complexity index is 338. The van der Waals surface area contributed by atoms with Gasteiger partial charge in [-0.05, 0) is 94.0 Å². The molecular weight excluding hydrogens is 256 g/mol. The maximum absolute atomic E-state index is 3.78. The molecule has 0 amide bonds. The number of nitrogens with zero attached hydrogens (tertiary/aromatic N) is 1. The summed E-state index contributed by atoms with van der Waals surface area (Å²) in [6.45, 7) is 6.26. The van der Waals surface area contributed by atoms with E-state index in [1.165, 1.54) is 51.7 Å². The van der Waals surface area contributed by atoms with Gasteiger partial charge in [0, 0.05) is 19.1 Å². The molecule has 5 aliphatic rings. The van der Waals surface area contributed by atoms with Crippen molar-refractivity contribution in [1.82, 2.24) is 10.2 Å². The van der Waals surface area contributed by atoms with Crippen LogP contribution in [0, 0.1) is 29.1 Å². The quantitative estimate of drug-likeness (QED) is 0.772. The fourth-order valence-corrected chi connectivity index (χ4v) is 6.45. The Morgan fingerprint density at radius 1 is 1.05 bits per heavy atom. The van der Waals surface area contributed by atoms with Crippen molar-refractivity contribution in [3.63, 3.8) is 0 Å². The van der Waals surface area contributed by atoms with E-state index in [1.54, 1.807) is 19.3 Å². The van der Waals surface area contributed by atoms with Gasteiger partial charge in [0.25, 0.3) is 0 Å². The van der Waals surface area contributed by atoms with Crippen LogP contribution in [0.1, 0.15) is 58.3 Å². The summed E-state index contributed by atoms with van der Waals surface area (Å²) in [5.41, 5.74) is 0.653. The predicted octanol–water partition coefficient (Wildman–Crippen LogP) is 3.52. The highest BCUT2D eigenvalue weighted by Crippen LogP contribution is 2.61. The molecule has 0 aromatic carbocycles. The smallest absolute Gasteiger partial charge is 0.0248 e. The van der Waals surface area contributed by atoms with Crippen LogP contribution in [0.25, 0.3) is 0 Å². The third-order valence-electron chi connectivity index (χ3n) is 7.27. The Hall–Kier alpha value is -0.0800. The van der Waals surface area contributed by atoms with E-state index >= 15 is 0 Å². The third kappa shape index (κ3) is 2.79. The van der Waals surface area contributed by atoms with Gasteiger partial charge in [-0.25, -0.2) is 0 Å². The predicted molar refractivity (Wildman–Crippen MR) is 88.3 cm³/mol. The van der Waals surface area contributed by atoms with Crippen molar-refractivity contribution in [2.24, 2.45) is 29.1 Å². The number of hydrogen-bond donors (Lipinski definition) is 1. The second kappa shape index (κ2) is 5.53. The molecule has 0 heterocycles. The van der Waals surface area contributed by atoms with E-state index in [2.05, 4.69) is 24.2 Å². The zero-order valence-corrected chi connectivity index (χ0v) is 14.1. The summed E-state index contributed by atoms with van der Waals surface area (Å²) in [5.74, 6) is 4.25. The summed E-state index contributed by atoms with van der Waals surface area (Å²) in [6.07, 6.45) is 12.3. The van der Waals surface area contributed by atoms with Crippen LogP contribution in [-0.2, 0) is 0 Å². The molecule has 1 atom stereocenters. The third-order valence-corrected chi connectivity index (χ3v) is 7.27. The Kier molecular flexibility index (Phi) is 3.82. The first kappa shape index (κ1) is 14.5. The van der Waals surface area contributed by atoms with Crippen molar-refractivity contribution in [3.05, 3.63) is 0 Å². The summed E-state index contributed by atoms with van der Waals surface area (Å²) in [7, 11) is 2.23. The fourth-order valence-electron chi connectivity index (χ4n) is 6.45. The average molecular weight is 290 g/mol. The first-order valence-electron chi connectivity index (χ1n) is 9.60. The van der Waals surface area contributed by atoms with E-state index in [0.717, 1.165) is 29.7 Å². The number of likely N-dealkylation sites (N-methyl/N-ethyl adjacent to an activating group) is 2. The molecule has 0 aromatic rings. The minimum absolute atomic E-state index is 0.653. The largest absolute Gasteiger partial charge is 0.315 e. The molecule has 5 fully saturated rings. The van der Waals surface area contributed by atoms with Gasteiger partial charge in [-0.1, -0.05) is 6.92 Å². The number of rotatable bonds is 7. The first-order valence-corrected chi connectivity index (χ1v) is 9.60. The van der Waals surface area contributed by atoms with Gasteiger partial charge in [0.15, 0.2) is 0 Å². The maximum Gasteiger partial charge on any atom is 0.0248 e. The number of nitrogens with one attached hydrogen (secondary N) is 1. The summed E-state index contributed by atoms with van der Waals surface area (Å²) in [4.78, 5) is 2.75. The summed E-state index contributed by atoms with van der Waals surface area (Å²) < 4.78 is 0. The molecule has 5 rings (SSSR count). The van der Waals surface area contributed by atoms with Gasteiger partial charge < -0.3 is 10.2 Å². The van der Waals surface area contributed by atoms with Crippen molar-refractivity contribution >= 4 is 0 Å². The SMILES string of the molecule is CCN(CC1CC1)CC(NC)C12CC3CC(CC(C3)C1)C2. The van der Waals surface area contributed by atoms with Crippen LogP contribution >= 0.6 is 0 Å². The summed E-state index contributed by atoms with van der Waals surface area (Å²) in [6, 6.07) is 0.740. The summed E-state index contributed by atoms with van der Waals surface area (Å²) in [5, 5.41) is 3.78. The van der Waals surface area contributed by atoms with Crippen LogP contribution in [-0.4, -0.2) is 37.6 Å². The van der Waals surface area contributed by atoms with E-state index < -0.39 is 0 Å². The van der Waals surface area contributed by atoms with Crippen LogP contribution in [0.15, 0.2) is 0 Å². The Balaban J connectivity index is 1.46. The van der Waals surface area contributed by atoms with Gasteiger partial charge in [0.05, 0.1) is 0 Å². The summed E-state index contributed by atoms with van der Waals surface area (Å²) >= 11 is 0. The molecule has 0 aromatic heterocycles. The topological polar surface area (TPSA) is 15.3 Å². The molecule has 4 bridgehead atoms. The van der Waals surface area contributed by atoms with Crippen molar-refractivity contribution in [3.8, 4) is 0 Å². The van der Waals surface area contributed by atoms with Crippen molar-refractivity contribution in [1.29, 1.82) is 0 Å². The molecule has 2 heteroatoms. The van der Waals surface area contributed by atoms with Crippen LogP contribution in [0.3, 0.4) is 0 Å². The first-order chi connectivity index (χ1) is 10.2. The van der Waals surface area contributed by atoms with Crippen LogP contribution in [0.5, 0.6) is 0 Å². The van der Waals surface area contributed by atoms with Crippen molar-refractivity contribution in [2.45, 2.75) is 64.3 Å². The molecule has 5 saturated carbocycles. The van der Waals surface area contributed by atoms with Crippen LogP contribution in [0.4, 0.5) is 0 Å². The van der Waals surface area contributed by atoms with Gasteiger partial charge in [0.2, 0.25) is 0 Å². The highest BCUT2D eigenvalue weighted by molar-refractivity contribution is 5.06. The maximum atomic E-state index is 3.78. The van der Waals surface area contributed by atoms with Crippen molar-refractivity contribution < 1.29 is 0 Å². The minimum Gasteiger partial charge on any atom is -0.315 e. The zero-order valence-electron chi connectivity index (χ0n) is 14.1. The lowest BCUT2D eigenvalue weighted by Crippen LogP contribution is -2.58. The van der Waals surface area contributed by atoms with E-state index in [9.17, 15) is 0 Å². The molecule has 0 spiro atoms. The van der Waals surface area contributed by atoms with E-state index in [1.807, 2.05) is 0 Å². The zero-order chi connectivity index (χ0) is 14.4. The molecule has 1 N–H and O–H groups in total. The minimum atomic E-state index is 0.653.